The van der Waals surface area contributed by atoms with Gasteiger partial charge in [-0.05, 0) is 18.6 Å². The lowest BCUT2D eigenvalue weighted by Gasteiger charge is -2.14. The van der Waals surface area contributed by atoms with Crippen LogP contribution in [0.4, 0.5) is 0 Å². The number of nitrogens with one attached hydrogen (secondary N) is 1. The van der Waals surface area contributed by atoms with Crippen molar-refractivity contribution in [3.63, 3.8) is 0 Å². The summed E-state index contributed by atoms with van der Waals surface area (Å²) in [6.07, 6.45) is 0. The van der Waals surface area contributed by atoms with Gasteiger partial charge in [0.15, 0.2) is 0 Å². The zero-order valence-corrected chi connectivity index (χ0v) is 10.6. The average molecular weight is 253 g/mol. The molecule has 0 amide bonds. The predicted molar refractivity (Wildman–Crippen MR) is 68.8 cm³/mol. The quantitative estimate of drug-likeness (QED) is 0.899. The molecule has 0 aliphatic rings. The van der Waals surface area contributed by atoms with Gasteiger partial charge in [0.1, 0.15) is 0 Å². The maximum absolute atomic E-state index is 6.13. The standard InChI is InChI=1S/C12H13ClN2S/c1-9(11-4-2-3-5-12(11)13)14-6-10-7-16-8-15-10/h2-5,7-9,14H,6H2,1H3. The van der Waals surface area contributed by atoms with E-state index in [1.165, 1.54) is 0 Å². The fourth-order valence-corrected chi connectivity index (χ4v) is 2.38. The minimum Gasteiger partial charge on any atom is -0.304 e. The van der Waals surface area contributed by atoms with Crippen LogP contribution in [-0.4, -0.2) is 4.98 Å². The van der Waals surface area contributed by atoms with Gasteiger partial charge in [-0.15, -0.1) is 11.3 Å². The maximum atomic E-state index is 6.13. The molecule has 2 rings (SSSR count). The molecular weight excluding hydrogens is 240 g/mol. The summed E-state index contributed by atoms with van der Waals surface area (Å²) in [6.45, 7) is 2.88. The van der Waals surface area contributed by atoms with Gasteiger partial charge in [-0.2, -0.15) is 0 Å². The Balaban J connectivity index is 1.98. The van der Waals surface area contributed by atoms with E-state index in [-0.39, 0.29) is 6.04 Å². The lowest BCUT2D eigenvalue weighted by Crippen LogP contribution is -2.18. The van der Waals surface area contributed by atoms with E-state index in [2.05, 4.69) is 17.2 Å². The normalized spacial score (nSPS) is 12.6. The first-order valence-corrected chi connectivity index (χ1v) is 6.44. The van der Waals surface area contributed by atoms with Gasteiger partial charge >= 0.3 is 0 Å². The first-order chi connectivity index (χ1) is 7.77. The van der Waals surface area contributed by atoms with E-state index in [0.29, 0.717) is 0 Å². The second-order valence-corrected chi connectivity index (χ2v) is 4.73. The Hall–Kier alpha value is -0.900. The van der Waals surface area contributed by atoms with Crippen LogP contribution in [0, 0.1) is 0 Å². The summed E-state index contributed by atoms with van der Waals surface area (Å²) >= 11 is 7.74. The van der Waals surface area contributed by atoms with Gasteiger partial charge in [-0.3, -0.25) is 0 Å². The summed E-state index contributed by atoms with van der Waals surface area (Å²) in [6, 6.07) is 8.13. The van der Waals surface area contributed by atoms with E-state index in [1.54, 1.807) is 11.3 Å². The first kappa shape index (κ1) is 11.6. The van der Waals surface area contributed by atoms with Crippen molar-refractivity contribution >= 4 is 22.9 Å². The van der Waals surface area contributed by atoms with Crippen molar-refractivity contribution in [2.75, 3.05) is 0 Å². The highest BCUT2D eigenvalue weighted by molar-refractivity contribution is 7.07. The molecular formula is C12H13ClN2S. The first-order valence-electron chi connectivity index (χ1n) is 5.12. The molecule has 0 saturated heterocycles. The lowest BCUT2D eigenvalue weighted by atomic mass is 10.1. The van der Waals surface area contributed by atoms with Crippen LogP contribution in [0.3, 0.4) is 0 Å². The van der Waals surface area contributed by atoms with Gasteiger partial charge in [-0.1, -0.05) is 29.8 Å². The molecule has 16 heavy (non-hydrogen) atoms. The minimum absolute atomic E-state index is 0.232. The van der Waals surface area contributed by atoms with E-state index in [0.717, 1.165) is 22.8 Å². The average Bonchev–Trinajstić information content (AvgIpc) is 2.79. The molecule has 2 aromatic rings. The van der Waals surface area contributed by atoms with Crippen LogP contribution in [0.5, 0.6) is 0 Å². The number of aromatic nitrogens is 1. The molecule has 1 atom stereocenters. The molecule has 0 aliphatic heterocycles. The summed E-state index contributed by atoms with van der Waals surface area (Å²) in [7, 11) is 0. The number of nitrogens with zero attached hydrogens (tertiary/aromatic N) is 1. The molecule has 0 aliphatic carbocycles. The molecule has 0 radical (unpaired) electrons. The van der Waals surface area contributed by atoms with E-state index in [1.807, 2.05) is 35.2 Å². The summed E-state index contributed by atoms with van der Waals surface area (Å²) in [5, 5.41) is 6.26. The number of benzene rings is 1. The molecule has 0 saturated carbocycles. The third-order valence-electron chi connectivity index (χ3n) is 2.44. The molecule has 1 N–H and O–H groups in total. The third-order valence-corrected chi connectivity index (χ3v) is 3.42. The van der Waals surface area contributed by atoms with Gasteiger partial charge in [0.25, 0.3) is 0 Å². The Morgan fingerprint density at radius 2 is 2.25 bits per heavy atom. The molecule has 84 valence electrons. The molecule has 4 heteroatoms. The Labute approximate surface area is 104 Å². The second kappa shape index (κ2) is 5.43. The van der Waals surface area contributed by atoms with Crippen molar-refractivity contribution in [3.8, 4) is 0 Å². The number of thiazole rings is 1. The van der Waals surface area contributed by atoms with Crippen LogP contribution in [0.15, 0.2) is 35.2 Å². The SMILES string of the molecule is CC(NCc1cscn1)c1ccccc1Cl. The number of halogens is 1. The van der Waals surface area contributed by atoms with E-state index >= 15 is 0 Å². The van der Waals surface area contributed by atoms with Crippen LogP contribution in [-0.2, 0) is 6.54 Å². The van der Waals surface area contributed by atoms with Crippen LogP contribution in [0.25, 0.3) is 0 Å². The smallest absolute Gasteiger partial charge is 0.0795 e. The van der Waals surface area contributed by atoms with E-state index < -0.39 is 0 Å². The molecule has 1 heterocycles. The Bertz CT molecular complexity index is 442. The van der Waals surface area contributed by atoms with Gasteiger partial charge < -0.3 is 5.32 Å². The summed E-state index contributed by atoms with van der Waals surface area (Å²) in [4.78, 5) is 4.23. The highest BCUT2D eigenvalue weighted by Crippen LogP contribution is 2.22. The molecule has 0 bridgehead atoms. The van der Waals surface area contributed by atoms with Crippen molar-refractivity contribution in [2.45, 2.75) is 19.5 Å². The predicted octanol–water partition coefficient (Wildman–Crippen LogP) is 3.65. The van der Waals surface area contributed by atoms with Crippen molar-refractivity contribution in [1.29, 1.82) is 0 Å². The molecule has 0 spiro atoms. The van der Waals surface area contributed by atoms with Crippen molar-refractivity contribution < 1.29 is 0 Å². The molecule has 1 aromatic carbocycles. The topological polar surface area (TPSA) is 24.9 Å². The van der Waals surface area contributed by atoms with Crippen molar-refractivity contribution in [1.82, 2.24) is 10.3 Å². The maximum Gasteiger partial charge on any atom is 0.0795 e. The summed E-state index contributed by atoms with van der Waals surface area (Å²) in [5.41, 5.74) is 4.04. The van der Waals surface area contributed by atoms with Crippen LogP contribution < -0.4 is 5.32 Å². The highest BCUT2D eigenvalue weighted by Gasteiger charge is 2.08. The lowest BCUT2D eigenvalue weighted by molar-refractivity contribution is 0.569. The van der Waals surface area contributed by atoms with Gasteiger partial charge in [-0.25, -0.2) is 4.98 Å². The largest absolute Gasteiger partial charge is 0.304 e. The summed E-state index contributed by atoms with van der Waals surface area (Å²) < 4.78 is 0. The van der Waals surface area contributed by atoms with Crippen molar-refractivity contribution in [3.05, 3.63) is 51.4 Å². The molecule has 0 fully saturated rings. The van der Waals surface area contributed by atoms with Crippen LogP contribution in [0.1, 0.15) is 24.2 Å². The van der Waals surface area contributed by atoms with Gasteiger partial charge in [0, 0.05) is 23.0 Å². The van der Waals surface area contributed by atoms with Gasteiger partial charge in [0.2, 0.25) is 0 Å². The number of hydrogen-bond donors (Lipinski definition) is 1. The molecule has 2 nitrogen and oxygen atoms in total. The third kappa shape index (κ3) is 2.82. The van der Waals surface area contributed by atoms with Crippen molar-refractivity contribution in [2.24, 2.45) is 0 Å². The fourth-order valence-electron chi connectivity index (χ4n) is 1.52. The minimum atomic E-state index is 0.232. The second-order valence-electron chi connectivity index (χ2n) is 3.60. The van der Waals surface area contributed by atoms with Crippen LogP contribution in [0.2, 0.25) is 5.02 Å². The molecule has 1 unspecified atom stereocenters. The van der Waals surface area contributed by atoms with E-state index in [4.69, 9.17) is 11.6 Å². The number of hydrogen-bond acceptors (Lipinski definition) is 3. The highest BCUT2D eigenvalue weighted by atomic mass is 35.5. The van der Waals surface area contributed by atoms with Crippen LogP contribution >= 0.6 is 22.9 Å². The fraction of sp³-hybridized carbons (Fsp3) is 0.250. The molecule has 1 aromatic heterocycles. The van der Waals surface area contributed by atoms with Gasteiger partial charge in [0.05, 0.1) is 11.2 Å². The Kier molecular flexibility index (Phi) is 3.93. The monoisotopic (exact) mass is 252 g/mol. The van der Waals surface area contributed by atoms with E-state index in [9.17, 15) is 0 Å². The Morgan fingerprint density at radius 1 is 1.44 bits per heavy atom. The zero-order chi connectivity index (χ0) is 11.4. The Morgan fingerprint density at radius 3 is 2.94 bits per heavy atom. The summed E-state index contributed by atoms with van der Waals surface area (Å²) in [5.74, 6) is 0. The number of rotatable bonds is 4. The zero-order valence-electron chi connectivity index (χ0n) is 8.98.